The van der Waals surface area contributed by atoms with E-state index < -0.39 is 0 Å². The molecule has 2 aromatic rings. The zero-order valence-electron chi connectivity index (χ0n) is 11.5. The van der Waals surface area contributed by atoms with Gasteiger partial charge in [0.1, 0.15) is 4.88 Å². The lowest BCUT2D eigenvalue weighted by atomic mass is 10.2. The van der Waals surface area contributed by atoms with E-state index in [4.69, 9.17) is 11.0 Å². The number of hydrogen-bond acceptors (Lipinski definition) is 4. The molecule has 0 bridgehead atoms. The van der Waals surface area contributed by atoms with Crippen molar-refractivity contribution in [3.05, 3.63) is 51.7 Å². The minimum absolute atomic E-state index is 0.129. The number of nitriles is 1. The average Bonchev–Trinajstić information content (AvgIpc) is 3.00. The van der Waals surface area contributed by atoms with Crippen molar-refractivity contribution < 1.29 is 4.79 Å². The van der Waals surface area contributed by atoms with Crippen molar-refractivity contribution in [1.82, 2.24) is 0 Å². The first-order valence-corrected chi connectivity index (χ1v) is 7.10. The Kier molecular flexibility index (Phi) is 4.73. The molecule has 0 atom stereocenters. The molecule has 0 unspecified atom stereocenters. The van der Waals surface area contributed by atoms with Gasteiger partial charge < -0.3 is 10.6 Å². The van der Waals surface area contributed by atoms with E-state index in [-0.39, 0.29) is 12.5 Å². The molecule has 0 spiro atoms. The zero-order valence-corrected chi connectivity index (χ0v) is 12.3. The van der Waals surface area contributed by atoms with Gasteiger partial charge in [-0.3, -0.25) is 4.79 Å². The first-order chi connectivity index (χ1) is 10.2. The molecule has 0 aliphatic heterocycles. The molecule has 1 amide bonds. The van der Waals surface area contributed by atoms with E-state index in [2.05, 4.69) is 17.9 Å². The van der Waals surface area contributed by atoms with Crippen LogP contribution in [-0.2, 0) is 0 Å². The fourth-order valence-electron chi connectivity index (χ4n) is 1.75. The summed E-state index contributed by atoms with van der Waals surface area (Å²) in [7, 11) is 1.70. The summed E-state index contributed by atoms with van der Waals surface area (Å²) < 4.78 is 0. The molecule has 4 nitrogen and oxygen atoms in total. The SMILES string of the molecule is CN(C(=O)c1sccc1C#CCN)c1ccc(C#N)cc1. The summed E-state index contributed by atoms with van der Waals surface area (Å²) in [5, 5.41) is 10.6. The number of nitrogens with two attached hydrogens (primary N) is 1. The van der Waals surface area contributed by atoms with E-state index in [0.717, 1.165) is 5.69 Å². The van der Waals surface area contributed by atoms with Gasteiger partial charge >= 0.3 is 0 Å². The Labute approximate surface area is 127 Å². The van der Waals surface area contributed by atoms with Crippen molar-refractivity contribution in [2.75, 3.05) is 18.5 Å². The molecule has 0 radical (unpaired) electrons. The first-order valence-electron chi connectivity index (χ1n) is 6.22. The third-order valence-corrected chi connectivity index (χ3v) is 3.78. The largest absolute Gasteiger partial charge is 0.320 e. The highest BCUT2D eigenvalue weighted by Gasteiger charge is 2.17. The summed E-state index contributed by atoms with van der Waals surface area (Å²) in [6.07, 6.45) is 0. The predicted molar refractivity (Wildman–Crippen MR) is 84.1 cm³/mol. The van der Waals surface area contributed by atoms with Gasteiger partial charge in [0.05, 0.1) is 18.2 Å². The van der Waals surface area contributed by atoms with Crippen LogP contribution in [0.5, 0.6) is 0 Å². The van der Waals surface area contributed by atoms with E-state index in [1.165, 1.54) is 11.3 Å². The molecule has 0 saturated heterocycles. The summed E-state index contributed by atoms with van der Waals surface area (Å²) in [5.74, 6) is 5.53. The first kappa shape index (κ1) is 14.8. The summed E-state index contributed by atoms with van der Waals surface area (Å²) >= 11 is 1.35. The number of benzene rings is 1. The molecule has 1 aromatic heterocycles. The van der Waals surface area contributed by atoms with Crippen molar-refractivity contribution in [3.8, 4) is 17.9 Å². The van der Waals surface area contributed by atoms with Gasteiger partial charge in [-0.15, -0.1) is 11.3 Å². The lowest BCUT2D eigenvalue weighted by Gasteiger charge is -2.16. The number of rotatable bonds is 2. The van der Waals surface area contributed by atoms with E-state index in [9.17, 15) is 4.79 Å². The fraction of sp³-hybridized carbons (Fsp3) is 0.125. The number of nitrogens with zero attached hydrogens (tertiary/aromatic N) is 2. The Bertz CT molecular complexity index is 744. The normalized spacial score (nSPS) is 9.38. The van der Waals surface area contributed by atoms with Gasteiger partial charge in [-0.05, 0) is 35.7 Å². The van der Waals surface area contributed by atoms with Crippen LogP contribution in [0.3, 0.4) is 0 Å². The molecular formula is C16H13N3OS. The number of amides is 1. The summed E-state index contributed by atoms with van der Waals surface area (Å²) in [6, 6.07) is 10.7. The standard InChI is InChI=1S/C16H13N3OS/c1-19(14-6-4-12(11-18)5-7-14)16(20)15-13(3-2-9-17)8-10-21-15/h4-8,10H,9,17H2,1H3. The molecule has 1 aromatic carbocycles. The number of anilines is 1. The van der Waals surface area contributed by atoms with Crippen molar-refractivity contribution in [1.29, 1.82) is 5.26 Å². The van der Waals surface area contributed by atoms with E-state index in [1.54, 1.807) is 36.2 Å². The predicted octanol–water partition coefficient (Wildman–Crippen LogP) is 2.21. The van der Waals surface area contributed by atoms with Gasteiger partial charge in [0.2, 0.25) is 0 Å². The average molecular weight is 295 g/mol. The van der Waals surface area contributed by atoms with Crippen LogP contribution in [0.2, 0.25) is 0 Å². The molecule has 0 aliphatic rings. The molecule has 21 heavy (non-hydrogen) atoms. The van der Waals surface area contributed by atoms with Crippen LogP contribution in [0.25, 0.3) is 0 Å². The van der Waals surface area contributed by atoms with E-state index in [1.807, 2.05) is 11.4 Å². The van der Waals surface area contributed by atoms with Crippen molar-refractivity contribution in [3.63, 3.8) is 0 Å². The van der Waals surface area contributed by atoms with Crippen LogP contribution in [0.15, 0.2) is 35.7 Å². The van der Waals surface area contributed by atoms with Crippen molar-refractivity contribution >= 4 is 22.9 Å². The van der Waals surface area contributed by atoms with Crippen LogP contribution in [-0.4, -0.2) is 19.5 Å². The van der Waals surface area contributed by atoms with Gasteiger partial charge in [-0.1, -0.05) is 11.8 Å². The molecule has 0 saturated carbocycles. The van der Waals surface area contributed by atoms with Gasteiger partial charge in [0.25, 0.3) is 5.91 Å². The quantitative estimate of drug-likeness (QED) is 0.864. The lowest BCUT2D eigenvalue weighted by Crippen LogP contribution is -2.25. The minimum Gasteiger partial charge on any atom is -0.320 e. The molecule has 5 heteroatoms. The Balaban J connectivity index is 2.27. The summed E-state index contributed by atoms with van der Waals surface area (Å²) in [6.45, 7) is 0.259. The molecule has 0 fully saturated rings. The van der Waals surface area contributed by atoms with Crippen LogP contribution >= 0.6 is 11.3 Å². The molecule has 1 heterocycles. The number of carbonyl (C=O) groups is 1. The molecular weight excluding hydrogens is 282 g/mol. The highest BCUT2D eigenvalue weighted by atomic mass is 32.1. The smallest absolute Gasteiger partial charge is 0.269 e. The second-order valence-electron chi connectivity index (χ2n) is 4.19. The van der Waals surface area contributed by atoms with E-state index >= 15 is 0 Å². The van der Waals surface area contributed by atoms with E-state index in [0.29, 0.717) is 16.0 Å². The topological polar surface area (TPSA) is 70.1 Å². The lowest BCUT2D eigenvalue weighted by molar-refractivity contribution is 0.0996. The van der Waals surface area contributed by atoms with Crippen LogP contribution < -0.4 is 10.6 Å². The fourth-order valence-corrected chi connectivity index (χ4v) is 2.57. The number of thiophene rings is 1. The molecule has 104 valence electrons. The summed E-state index contributed by atoms with van der Waals surface area (Å²) in [5.41, 5.74) is 7.34. The second kappa shape index (κ2) is 6.71. The van der Waals surface area contributed by atoms with Crippen LogP contribution in [0.4, 0.5) is 5.69 Å². The third kappa shape index (κ3) is 3.29. The monoisotopic (exact) mass is 295 g/mol. The highest BCUT2D eigenvalue weighted by Crippen LogP contribution is 2.21. The van der Waals surface area contributed by atoms with Gasteiger partial charge in [0.15, 0.2) is 0 Å². The molecule has 2 N–H and O–H groups in total. The maximum absolute atomic E-state index is 12.5. The maximum Gasteiger partial charge on any atom is 0.269 e. The zero-order chi connectivity index (χ0) is 15.2. The minimum atomic E-state index is -0.129. The Morgan fingerprint density at radius 2 is 2.05 bits per heavy atom. The Morgan fingerprint density at radius 1 is 1.33 bits per heavy atom. The summed E-state index contributed by atoms with van der Waals surface area (Å²) in [4.78, 5) is 14.6. The van der Waals surface area contributed by atoms with Crippen molar-refractivity contribution in [2.24, 2.45) is 5.73 Å². The van der Waals surface area contributed by atoms with Crippen molar-refractivity contribution in [2.45, 2.75) is 0 Å². The molecule has 0 aliphatic carbocycles. The maximum atomic E-state index is 12.5. The van der Waals surface area contributed by atoms with Gasteiger partial charge in [0, 0.05) is 18.3 Å². The number of hydrogen-bond donors (Lipinski definition) is 1. The van der Waals surface area contributed by atoms with Crippen LogP contribution in [0, 0.1) is 23.2 Å². The van der Waals surface area contributed by atoms with Gasteiger partial charge in [-0.2, -0.15) is 5.26 Å². The van der Waals surface area contributed by atoms with Crippen LogP contribution in [0.1, 0.15) is 20.8 Å². The van der Waals surface area contributed by atoms with Gasteiger partial charge in [-0.25, -0.2) is 0 Å². The Hall–Kier alpha value is -2.60. The molecule has 2 rings (SSSR count). The third-order valence-electron chi connectivity index (χ3n) is 2.87. The second-order valence-corrected chi connectivity index (χ2v) is 5.11. The Morgan fingerprint density at radius 3 is 2.67 bits per heavy atom. The highest BCUT2D eigenvalue weighted by molar-refractivity contribution is 7.12. The number of carbonyl (C=O) groups excluding carboxylic acids is 1.